The summed E-state index contributed by atoms with van der Waals surface area (Å²) in [5, 5.41) is 3.12. The molecule has 0 aromatic heterocycles. The summed E-state index contributed by atoms with van der Waals surface area (Å²) in [6.45, 7) is 6.76. The van der Waals surface area contributed by atoms with Crippen LogP contribution < -0.4 is 15.8 Å². The molecular weight excluding hydrogens is 264 g/mol. The fourth-order valence-corrected chi connectivity index (χ4v) is 2.36. The van der Waals surface area contributed by atoms with Crippen LogP contribution in [-0.2, 0) is 0 Å². The summed E-state index contributed by atoms with van der Waals surface area (Å²) < 4.78 is 5.43. The third-order valence-electron chi connectivity index (χ3n) is 3.38. The van der Waals surface area contributed by atoms with Crippen LogP contribution in [0, 0.1) is 0 Å². The van der Waals surface area contributed by atoms with Crippen molar-refractivity contribution in [2.75, 3.05) is 12.3 Å². The van der Waals surface area contributed by atoms with Gasteiger partial charge in [0, 0.05) is 23.4 Å². The van der Waals surface area contributed by atoms with Gasteiger partial charge in [-0.1, -0.05) is 33.1 Å². The number of ether oxygens (including phenoxy) is 1. The molecule has 0 heterocycles. The Labute approximate surface area is 128 Å². The van der Waals surface area contributed by atoms with Gasteiger partial charge in [0.2, 0.25) is 0 Å². The number of rotatable bonds is 9. The van der Waals surface area contributed by atoms with Crippen LogP contribution in [0.1, 0.15) is 63.2 Å². The number of nitrogens with one attached hydrogen (secondary N) is 1. The second-order valence-electron chi connectivity index (χ2n) is 5.33. The molecule has 0 saturated carbocycles. The number of unbranched alkanes of at least 4 members (excludes halogenated alkanes) is 1. The van der Waals surface area contributed by atoms with Crippen molar-refractivity contribution in [1.29, 1.82) is 0 Å². The van der Waals surface area contributed by atoms with Crippen LogP contribution in [0.4, 0.5) is 5.69 Å². The van der Waals surface area contributed by atoms with Crippen molar-refractivity contribution in [1.82, 2.24) is 5.32 Å². The average Bonchev–Trinajstić information content (AvgIpc) is 2.44. The molecule has 1 amide bonds. The van der Waals surface area contributed by atoms with Gasteiger partial charge in [-0.05, 0) is 31.9 Å². The molecule has 0 aliphatic rings. The number of amides is 1. The zero-order valence-corrected chi connectivity index (χ0v) is 13.4. The summed E-state index contributed by atoms with van der Waals surface area (Å²) >= 11 is 0. The number of hydrogen-bond donors (Lipinski definition) is 2. The molecule has 3 N–H and O–H groups in total. The third-order valence-corrected chi connectivity index (χ3v) is 3.38. The Balaban J connectivity index is 2.76. The average molecular weight is 292 g/mol. The van der Waals surface area contributed by atoms with E-state index in [4.69, 9.17) is 10.5 Å². The van der Waals surface area contributed by atoms with Gasteiger partial charge in [-0.15, -0.1) is 0 Å². The zero-order valence-electron chi connectivity index (χ0n) is 13.4. The van der Waals surface area contributed by atoms with Gasteiger partial charge in [-0.2, -0.15) is 0 Å². The van der Waals surface area contributed by atoms with Gasteiger partial charge in [0.05, 0.1) is 6.61 Å². The molecule has 1 aromatic rings. The predicted octanol–water partition coefficient (Wildman–Crippen LogP) is 3.76. The maximum atomic E-state index is 12.4. The van der Waals surface area contributed by atoms with Gasteiger partial charge in [0.25, 0.3) is 5.91 Å². The fourth-order valence-electron chi connectivity index (χ4n) is 2.36. The molecule has 4 heteroatoms. The van der Waals surface area contributed by atoms with Crippen molar-refractivity contribution in [2.24, 2.45) is 0 Å². The van der Waals surface area contributed by atoms with Crippen LogP contribution in [0.15, 0.2) is 18.2 Å². The molecule has 1 rings (SSSR count). The van der Waals surface area contributed by atoms with Crippen LogP contribution in [0.5, 0.6) is 5.75 Å². The molecule has 0 bridgehead atoms. The van der Waals surface area contributed by atoms with Gasteiger partial charge in [0.1, 0.15) is 5.75 Å². The number of carbonyl (C=O) groups is 1. The monoisotopic (exact) mass is 292 g/mol. The number of benzene rings is 1. The van der Waals surface area contributed by atoms with E-state index in [0.717, 1.165) is 32.1 Å². The summed E-state index contributed by atoms with van der Waals surface area (Å²) in [6, 6.07) is 5.42. The number of anilines is 1. The molecule has 21 heavy (non-hydrogen) atoms. The van der Waals surface area contributed by atoms with Crippen LogP contribution in [-0.4, -0.2) is 18.6 Å². The minimum absolute atomic E-state index is 0.0715. The lowest BCUT2D eigenvalue weighted by Crippen LogP contribution is -2.34. The lowest BCUT2D eigenvalue weighted by Gasteiger charge is -2.18. The fraction of sp³-hybridized carbons (Fsp3) is 0.588. The van der Waals surface area contributed by atoms with Gasteiger partial charge >= 0.3 is 0 Å². The minimum Gasteiger partial charge on any atom is -0.494 e. The lowest BCUT2D eigenvalue weighted by molar-refractivity contribution is 0.0931. The molecule has 4 nitrogen and oxygen atoms in total. The van der Waals surface area contributed by atoms with E-state index in [1.54, 1.807) is 18.2 Å². The van der Waals surface area contributed by atoms with Crippen LogP contribution in [0.3, 0.4) is 0 Å². The maximum absolute atomic E-state index is 12.4. The SMILES string of the molecule is CCCCC(CCC)NC(=O)c1cc(N)cc(OCC)c1. The van der Waals surface area contributed by atoms with E-state index in [-0.39, 0.29) is 11.9 Å². The molecule has 0 spiro atoms. The van der Waals surface area contributed by atoms with Crippen molar-refractivity contribution in [2.45, 2.75) is 58.9 Å². The maximum Gasteiger partial charge on any atom is 0.251 e. The zero-order chi connectivity index (χ0) is 15.7. The van der Waals surface area contributed by atoms with Crippen molar-refractivity contribution < 1.29 is 9.53 Å². The molecule has 0 aliphatic heterocycles. The Morgan fingerprint density at radius 3 is 2.57 bits per heavy atom. The molecule has 1 atom stereocenters. The summed E-state index contributed by atoms with van der Waals surface area (Å²) in [4.78, 5) is 12.4. The molecule has 0 saturated heterocycles. The first kappa shape index (κ1) is 17.3. The third kappa shape index (κ3) is 6.06. The highest BCUT2D eigenvalue weighted by molar-refractivity contribution is 5.95. The van der Waals surface area contributed by atoms with Crippen LogP contribution in [0.2, 0.25) is 0 Å². The Morgan fingerprint density at radius 2 is 1.95 bits per heavy atom. The standard InChI is InChI=1S/C17H28N2O2/c1-4-7-9-15(8-5-2)19-17(20)13-10-14(18)12-16(11-13)21-6-3/h10-12,15H,4-9,18H2,1-3H3,(H,19,20). The van der Waals surface area contributed by atoms with E-state index in [1.165, 1.54) is 0 Å². The largest absolute Gasteiger partial charge is 0.494 e. The quantitative estimate of drug-likeness (QED) is 0.681. The minimum atomic E-state index is -0.0715. The smallest absolute Gasteiger partial charge is 0.251 e. The highest BCUT2D eigenvalue weighted by Gasteiger charge is 2.14. The van der Waals surface area contributed by atoms with E-state index in [0.29, 0.717) is 23.6 Å². The molecule has 0 fully saturated rings. The van der Waals surface area contributed by atoms with E-state index < -0.39 is 0 Å². The summed E-state index contributed by atoms with van der Waals surface area (Å²) in [5.41, 5.74) is 6.95. The van der Waals surface area contributed by atoms with E-state index in [1.807, 2.05) is 6.92 Å². The molecule has 118 valence electrons. The lowest BCUT2D eigenvalue weighted by atomic mass is 10.0. The van der Waals surface area contributed by atoms with Gasteiger partial charge in [0.15, 0.2) is 0 Å². The highest BCUT2D eigenvalue weighted by Crippen LogP contribution is 2.19. The summed E-state index contributed by atoms with van der Waals surface area (Å²) in [6.07, 6.45) is 5.37. The van der Waals surface area contributed by atoms with Crippen LogP contribution >= 0.6 is 0 Å². The number of nitrogens with two attached hydrogens (primary N) is 1. The van der Waals surface area contributed by atoms with Crippen molar-refractivity contribution in [3.8, 4) is 5.75 Å². The normalized spacial score (nSPS) is 12.0. The van der Waals surface area contributed by atoms with Crippen LogP contribution in [0.25, 0.3) is 0 Å². The van der Waals surface area contributed by atoms with Crippen molar-refractivity contribution in [3.63, 3.8) is 0 Å². The van der Waals surface area contributed by atoms with E-state index in [2.05, 4.69) is 19.2 Å². The van der Waals surface area contributed by atoms with Gasteiger partial charge in [-0.25, -0.2) is 0 Å². The molecule has 1 unspecified atom stereocenters. The van der Waals surface area contributed by atoms with E-state index in [9.17, 15) is 4.79 Å². The summed E-state index contributed by atoms with van der Waals surface area (Å²) in [5.74, 6) is 0.570. The topological polar surface area (TPSA) is 64.4 Å². The Kier molecular flexibility index (Phi) is 7.65. The van der Waals surface area contributed by atoms with E-state index >= 15 is 0 Å². The van der Waals surface area contributed by atoms with Gasteiger partial charge in [-0.3, -0.25) is 4.79 Å². The Hall–Kier alpha value is -1.71. The first-order chi connectivity index (χ1) is 10.1. The van der Waals surface area contributed by atoms with Crippen molar-refractivity contribution >= 4 is 11.6 Å². The molecule has 0 aliphatic carbocycles. The first-order valence-corrected chi connectivity index (χ1v) is 7.94. The first-order valence-electron chi connectivity index (χ1n) is 7.94. The second kappa shape index (κ2) is 9.27. The number of carbonyl (C=O) groups excluding carboxylic acids is 1. The molecular formula is C17H28N2O2. The van der Waals surface area contributed by atoms with Crippen molar-refractivity contribution in [3.05, 3.63) is 23.8 Å². The number of hydrogen-bond acceptors (Lipinski definition) is 3. The Bertz CT molecular complexity index is 446. The molecule has 0 radical (unpaired) electrons. The predicted molar refractivity (Wildman–Crippen MR) is 87.7 cm³/mol. The Morgan fingerprint density at radius 1 is 1.19 bits per heavy atom. The summed E-state index contributed by atoms with van der Waals surface area (Å²) in [7, 11) is 0. The highest BCUT2D eigenvalue weighted by atomic mass is 16.5. The number of nitrogen functional groups attached to an aromatic ring is 1. The molecule has 1 aromatic carbocycles. The second-order valence-corrected chi connectivity index (χ2v) is 5.33. The van der Waals surface area contributed by atoms with Gasteiger partial charge < -0.3 is 15.8 Å².